The van der Waals surface area contributed by atoms with Crippen LogP contribution in [0.1, 0.15) is 22.6 Å². The van der Waals surface area contributed by atoms with Crippen molar-refractivity contribution in [3.8, 4) is 11.8 Å². The number of aryl methyl sites for hydroxylation is 1. The van der Waals surface area contributed by atoms with Crippen molar-refractivity contribution in [1.29, 1.82) is 10.7 Å². The molecule has 2 atom stereocenters. The van der Waals surface area contributed by atoms with Gasteiger partial charge in [-0.2, -0.15) is 5.26 Å². The number of ether oxygens (including phenoxy) is 1. The van der Waals surface area contributed by atoms with Gasteiger partial charge in [-0.1, -0.05) is 12.1 Å². The molecule has 0 saturated heterocycles. The molecular weight excluding hydrogens is 316 g/mol. The highest BCUT2D eigenvalue weighted by Gasteiger charge is 2.38. The van der Waals surface area contributed by atoms with Crippen LogP contribution in [0.15, 0.2) is 42.9 Å². The van der Waals surface area contributed by atoms with Gasteiger partial charge >= 0.3 is 0 Å². The van der Waals surface area contributed by atoms with Crippen molar-refractivity contribution in [2.45, 2.75) is 19.6 Å². The van der Waals surface area contributed by atoms with Gasteiger partial charge in [0.1, 0.15) is 18.4 Å². The number of rotatable bonds is 2. The lowest BCUT2D eigenvalue weighted by Gasteiger charge is -2.30. The molecular formula is C19H16N4O2. The number of aliphatic hydroxyl groups is 1. The lowest BCUT2D eigenvalue weighted by Crippen LogP contribution is -2.31. The van der Waals surface area contributed by atoms with Gasteiger partial charge in [-0.15, -0.1) is 0 Å². The number of benzene rings is 1. The van der Waals surface area contributed by atoms with Crippen molar-refractivity contribution in [2.75, 3.05) is 0 Å². The fraction of sp³-hybridized carbons (Fsp3) is 0.211. The highest BCUT2D eigenvalue weighted by Crippen LogP contribution is 2.45. The first-order chi connectivity index (χ1) is 12.1. The van der Waals surface area contributed by atoms with E-state index in [4.69, 9.17) is 10.1 Å². The van der Waals surface area contributed by atoms with Crippen LogP contribution in [-0.2, 0) is 6.73 Å². The molecule has 4 rings (SSSR count). The number of fused-ring (bicyclic) bond motifs is 3. The average Bonchev–Trinajstić information content (AvgIpc) is 3.04. The van der Waals surface area contributed by atoms with Crippen LogP contribution in [-0.4, -0.2) is 20.6 Å². The van der Waals surface area contributed by atoms with E-state index in [1.54, 1.807) is 23.2 Å². The Morgan fingerprint density at radius 3 is 2.92 bits per heavy atom. The van der Waals surface area contributed by atoms with Crippen molar-refractivity contribution in [3.63, 3.8) is 0 Å². The van der Waals surface area contributed by atoms with Gasteiger partial charge in [-0.25, -0.2) is 0 Å². The van der Waals surface area contributed by atoms with E-state index < -0.39 is 5.92 Å². The smallest absolute Gasteiger partial charge is 0.205 e. The molecule has 2 N–H and O–H groups in total. The number of aromatic nitrogens is 2. The number of hydrogen-bond acceptors (Lipinski definition) is 5. The predicted molar refractivity (Wildman–Crippen MR) is 92.4 cm³/mol. The zero-order valence-corrected chi connectivity index (χ0v) is 13.6. The molecule has 1 aliphatic rings. The molecule has 0 spiro atoms. The van der Waals surface area contributed by atoms with Crippen LogP contribution in [0.25, 0.3) is 10.9 Å². The number of nitriles is 1. The van der Waals surface area contributed by atoms with Gasteiger partial charge in [0.25, 0.3) is 0 Å². The van der Waals surface area contributed by atoms with E-state index >= 15 is 0 Å². The van der Waals surface area contributed by atoms with E-state index in [9.17, 15) is 10.4 Å². The van der Waals surface area contributed by atoms with E-state index in [1.165, 1.54) is 0 Å². The lowest BCUT2D eigenvalue weighted by atomic mass is 9.79. The second-order valence-corrected chi connectivity index (χ2v) is 6.19. The summed E-state index contributed by atoms with van der Waals surface area (Å²) >= 11 is 0. The Bertz CT molecular complexity index is 1030. The number of hydrogen-bond donors (Lipinski definition) is 2. The second kappa shape index (κ2) is 5.72. The van der Waals surface area contributed by atoms with Crippen molar-refractivity contribution in [1.82, 2.24) is 9.55 Å². The summed E-state index contributed by atoms with van der Waals surface area (Å²) in [4.78, 5) is 4.25. The minimum atomic E-state index is -0.700. The Labute approximate surface area is 144 Å². The van der Waals surface area contributed by atoms with Crippen LogP contribution < -0.4 is 4.74 Å². The van der Waals surface area contributed by atoms with Crippen LogP contribution >= 0.6 is 0 Å². The van der Waals surface area contributed by atoms with E-state index in [2.05, 4.69) is 11.1 Å². The van der Waals surface area contributed by atoms with Crippen molar-refractivity contribution in [3.05, 3.63) is 59.5 Å². The number of nitrogens with zero attached hydrogens (tertiary/aromatic N) is 3. The SMILES string of the molecule is Cc1cncc(C2c3ccc4c(ccn4CO)c3OC(=N)C2C#N)c1. The second-order valence-electron chi connectivity index (χ2n) is 6.19. The maximum atomic E-state index is 9.62. The molecule has 0 fully saturated rings. The highest BCUT2D eigenvalue weighted by atomic mass is 16.5. The zero-order chi connectivity index (χ0) is 17.6. The van der Waals surface area contributed by atoms with Crippen molar-refractivity contribution < 1.29 is 9.84 Å². The summed E-state index contributed by atoms with van der Waals surface area (Å²) in [5.74, 6) is -0.498. The van der Waals surface area contributed by atoms with Gasteiger partial charge in [0.15, 0.2) is 0 Å². The first-order valence-corrected chi connectivity index (χ1v) is 7.94. The summed E-state index contributed by atoms with van der Waals surface area (Å²) in [6.45, 7) is 1.82. The van der Waals surface area contributed by atoms with Crippen LogP contribution in [0.4, 0.5) is 0 Å². The third-order valence-corrected chi connectivity index (χ3v) is 4.64. The Kier molecular flexibility index (Phi) is 3.52. The summed E-state index contributed by atoms with van der Waals surface area (Å²) in [7, 11) is 0. The zero-order valence-electron chi connectivity index (χ0n) is 13.6. The molecule has 1 aliphatic heterocycles. The van der Waals surface area contributed by atoms with Crippen LogP contribution in [0.5, 0.6) is 5.75 Å². The van der Waals surface area contributed by atoms with Gasteiger partial charge in [-0.3, -0.25) is 10.4 Å². The highest BCUT2D eigenvalue weighted by molar-refractivity contribution is 5.95. The molecule has 0 saturated carbocycles. The van der Waals surface area contributed by atoms with E-state index in [0.29, 0.717) is 5.75 Å². The van der Waals surface area contributed by atoms with Crippen molar-refractivity contribution >= 4 is 16.8 Å². The quantitative estimate of drug-likeness (QED) is 0.754. The molecule has 0 aliphatic carbocycles. The van der Waals surface area contributed by atoms with Gasteiger partial charge < -0.3 is 14.4 Å². The summed E-state index contributed by atoms with van der Waals surface area (Å²) in [5.41, 5.74) is 3.58. The number of pyridine rings is 1. The molecule has 124 valence electrons. The lowest BCUT2D eigenvalue weighted by molar-refractivity contribution is 0.215. The van der Waals surface area contributed by atoms with Gasteiger partial charge in [0.05, 0.1) is 11.6 Å². The molecule has 25 heavy (non-hydrogen) atoms. The molecule has 2 unspecified atom stereocenters. The first kappa shape index (κ1) is 15.4. The predicted octanol–water partition coefficient (Wildman–Crippen LogP) is 2.94. The van der Waals surface area contributed by atoms with Crippen molar-refractivity contribution in [2.24, 2.45) is 5.92 Å². The first-order valence-electron chi connectivity index (χ1n) is 7.94. The minimum absolute atomic E-state index is 0.0641. The molecule has 1 aromatic carbocycles. The Hall–Kier alpha value is -3.17. The topological polar surface area (TPSA) is 94.9 Å². The molecule has 3 heterocycles. The molecule has 2 aromatic heterocycles. The molecule has 0 bridgehead atoms. The number of nitrogens with one attached hydrogen (secondary N) is 1. The normalized spacial score (nSPS) is 19.3. The Balaban J connectivity index is 1.98. The largest absolute Gasteiger partial charge is 0.441 e. The Morgan fingerprint density at radius 1 is 1.36 bits per heavy atom. The standard InChI is InChI=1S/C19H16N4O2/c1-11-6-12(9-22-8-11)17-14-2-3-16-13(4-5-23(16)10-24)18(14)25-19(21)15(17)7-20/h2-6,8-9,15,17,21,24H,10H2,1H3. The molecule has 6 heteroatoms. The fourth-order valence-corrected chi connectivity index (χ4v) is 3.50. The third-order valence-electron chi connectivity index (χ3n) is 4.64. The maximum Gasteiger partial charge on any atom is 0.205 e. The molecule has 3 aromatic rings. The number of aliphatic hydroxyl groups excluding tert-OH is 1. The summed E-state index contributed by atoms with van der Waals surface area (Å²) in [5, 5.41) is 28.1. The monoisotopic (exact) mass is 332 g/mol. The van der Waals surface area contributed by atoms with Crippen LogP contribution in [0, 0.1) is 29.6 Å². The summed E-state index contributed by atoms with van der Waals surface area (Å²) < 4.78 is 7.43. The summed E-state index contributed by atoms with van der Waals surface area (Å²) in [6.07, 6.45) is 5.28. The third kappa shape index (κ3) is 2.29. The Morgan fingerprint density at radius 2 is 2.20 bits per heavy atom. The van der Waals surface area contributed by atoms with Gasteiger partial charge in [-0.05, 0) is 30.2 Å². The van der Waals surface area contributed by atoms with E-state index in [1.807, 2.05) is 31.2 Å². The van der Waals surface area contributed by atoms with Gasteiger partial charge in [0, 0.05) is 35.5 Å². The van der Waals surface area contributed by atoms with Crippen LogP contribution in [0.2, 0.25) is 0 Å². The maximum absolute atomic E-state index is 9.62. The molecule has 6 nitrogen and oxygen atoms in total. The van der Waals surface area contributed by atoms with Gasteiger partial charge in [0.2, 0.25) is 5.90 Å². The van der Waals surface area contributed by atoms with Crippen LogP contribution in [0.3, 0.4) is 0 Å². The van der Waals surface area contributed by atoms with E-state index in [-0.39, 0.29) is 18.5 Å². The fourth-order valence-electron chi connectivity index (χ4n) is 3.50. The minimum Gasteiger partial charge on any atom is -0.441 e. The average molecular weight is 332 g/mol. The van der Waals surface area contributed by atoms with E-state index in [0.717, 1.165) is 27.6 Å². The molecule has 0 amide bonds. The molecule has 0 radical (unpaired) electrons. The summed E-state index contributed by atoms with van der Waals surface area (Å²) in [6, 6.07) is 9.88.